The molecule has 0 aliphatic heterocycles. The molecule has 0 atom stereocenters. The molecule has 2 rings (SSSR count). The lowest BCUT2D eigenvalue weighted by atomic mass is 10.2. The number of hydrogen-bond acceptors (Lipinski definition) is 3. The molecule has 0 saturated carbocycles. The molecule has 0 saturated heterocycles. The van der Waals surface area contributed by atoms with E-state index in [1.807, 2.05) is 50.2 Å². The summed E-state index contributed by atoms with van der Waals surface area (Å²) in [6.45, 7) is 1.95. The molecule has 0 aliphatic rings. The van der Waals surface area contributed by atoms with Crippen molar-refractivity contribution in [3.8, 4) is 0 Å². The van der Waals surface area contributed by atoms with Crippen molar-refractivity contribution in [3.63, 3.8) is 0 Å². The number of benzene rings is 2. The van der Waals surface area contributed by atoms with E-state index in [4.69, 9.17) is 0 Å². The Bertz CT molecular complexity index is 661. The molecule has 22 heavy (non-hydrogen) atoms. The first-order chi connectivity index (χ1) is 10.5. The average molecular weight is 297 g/mol. The van der Waals surface area contributed by atoms with Crippen LogP contribution in [0.15, 0.2) is 48.5 Å². The van der Waals surface area contributed by atoms with Gasteiger partial charge in [-0.1, -0.05) is 17.7 Å². The molecule has 5 heteroatoms. The molecule has 0 aromatic heterocycles. The van der Waals surface area contributed by atoms with Gasteiger partial charge in [-0.3, -0.25) is 9.59 Å². The highest BCUT2D eigenvalue weighted by Gasteiger charge is 2.13. The molecule has 2 aromatic carbocycles. The Hall–Kier alpha value is -2.82. The Morgan fingerprint density at radius 3 is 1.59 bits per heavy atom. The van der Waals surface area contributed by atoms with E-state index in [1.165, 1.54) is 0 Å². The molecule has 0 bridgehead atoms. The Morgan fingerprint density at radius 1 is 0.773 bits per heavy atom. The van der Waals surface area contributed by atoms with Crippen molar-refractivity contribution >= 4 is 28.9 Å². The number of nitrogens with one attached hydrogen (secondary N) is 2. The van der Waals surface area contributed by atoms with Crippen LogP contribution >= 0.6 is 0 Å². The fraction of sp³-hybridized carbons (Fsp3) is 0.176. The van der Waals surface area contributed by atoms with Gasteiger partial charge in [0.05, 0.1) is 0 Å². The number of aryl methyl sites for hydroxylation is 1. The van der Waals surface area contributed by atoms with E-state index in [0.717, 1.165) is 11.3 Å². The second-order valence-corrected chi connectivity index (χ2v) is 5.22. The molecule has 5 nitrogen and oxygen atoms in total. The SMILES string of the molecule is Cc1ccc(NC(=O)C(=O)Nc2ccc(N(C)C)cc2)cc1. The van der Waals surface area contributed by atoms with Crippen LogP contribution in [0.2, 0.25) is 0 Å². The normalized spacial score (nSPS) is 9.95. The lowest BCUT2D eigenvalue weighted by Gasteiger charge is -2.13. The number of carbonyl (C=O) groups excluding carboxylic acids is 2. The van der Waals surface area contributed by atoms with Crippen LogP contribution in [0, 0.1) is 6.92 Å². The number of anilines is 3. The van der Waals surface area contributed by atoms with Gasteiger partial charge < -0.3 is 15.5 Å². The van der Waals surface area contributed by atoms with Gasteiger partial charge in [-0.2, -0.15) is 0 Å². The first-order valence-electron chi connectivity index (χ1n) is 6.92. The molecule has 2 aromatic rings. The summed E-state index contributed by atoms with van der Waals surface area (Å²) in [5, 5.41) is 5.13. The van der Waals surface area contributed by atoms with Gasteiger partial charge in [0.1, 0.15) is 0 Å². The van der Waals surface area contributed by atoms with Crippen LogP contribution in [0.1, 0.15) is 5.56 Å². The first kappa shape index (κ1) is 15.6. The molecule has 0 unspecified atom stereocenters. The van der Waals surface area contributed by atoms with Gasteiger partial charge >= 0.3 is 11.8 Å². The summed E-state index contributed by atoms with van der Waals surface area (Å²) < 4.78 is 0. The van der Waals surface area contributed by atoms with Crippen LogP contribution in [0.4, 0.5) is 17.1 Å². The molecule has 0 aliphatic carbocycles. The molecule has 2 amide bonds. The lowest BCUT2D eigenvalue weighted by molar-refractivity contribution is -0.132. The highest BCUT2D eigenvalue weighted by atomic mass is 16.2. The number of nitrogens with zero attached hydrogens (tertiary/aromatic N) is 1. The van der Waals surface area contributed by atoms with E-state index in [1.54, 1.807) is 24.3 Å². The zero-order chi connectivity index (χ0) is 16.1. The van der Waals surface area contributed by atoms with Crippen LogP contribution in [-0.4, -0.2) is 25.9 Å². The zero-order valence-electron chi connectivity index (χ0n) is 12.9. The van der Waals surface area contributed by atoms with Crippen LogP contribution in [0.25, 0.3) is 0 Å². The Labute approximate surface area is 129 Å². The quantitative estimate of drug-likeness (QED) is 0.856. The summed E-state index contributed by atoms with van der Waals surface area (Å²) in [4.78, 5) is 25.7. The fourth-order valence-corrected chi connectivity index (χ4v) is 1.86. The fourth-order valence-electron chi connectivity index (χ4n) is 1.86. The molecule has 114 valence electrons. The van der Waals surface area contributed by atoms with Crippen LogP contribution in [0.3, 0.4) is 0 Å². The highest BCUT2D eigenvalue weighted by molar-refractivity contribution is 6.43. The number of rotatable bonds is 3. The summed E-state index contributed by atoms with van der Waals surface area (Å²) >= 11 is 0. The summed E-state index contributed by atoms with van der Waals surface area (Å²) in [6.07, 6.45) is 0. The van der Waals surface area contributed by atoms with Gasteiger partial charge in [-0.25, -0.2) is 0 Å². The summed E-state index contributed by atoms with van der Waals surface area (Å²) in [5.41, 5.74) is 3.27. The third kappa shape index (κ3) is 4.09. The van der Waals surface area contributed by atoms with E-state index < -0.39 is 11.8 Å². The minimum absolute atomic E-state index is 0.578. The zero-order valence-corrected chi connectivity index (χ0v) is 12.9. The Morgan fingerprint density at radius 2 is 1.18 bits per heavy atom. The molecule has 2 N–H and O–H groups in total. The average Bonchev–Trinajstić information content (AvgIpc) is 2.50. The molecule has 0 fully saturated rings. The van der Waals surface area contributed by atoms with Gasteiger partial charge in [-0.15, -0.1) is 0 Å². The molecular weight excluding hydrogens is 278 g/mol. The monoisotopic (exact) mass is 297 g/mol. The molecular formula is C17H19N3O2. The van der Waals surface area contributed by atoms with E-state index in [9.17, 15) is 9.59 Å². The Balaban J connectivity index is 1.96. The Kier molecular flexibility index (Phi) is 4.78. The smallest absolute Gasteiger partial charge is 0.314 e. The standard InChI is InChI=1S/C17H19N3O2/c1-12-4-6-13(7-5-12)18-16(21)17(22)19-14-8-10-15(11-9-14)20(2)3/h4-11H,1-3H3,(H,18,21)(H,19,22). The third-order valence-corrected chi connectivity index (χ3v) is 3.16. The van der Waals surface area contributed by atoms with E-state index in [-0.39, 0.29) is 0 Å². The van der Waals surface area contributed by atoms with Gasteiger partial charge in [0.15, 0.2) is 0 Å². The second kappa shape index (κ2) is 6.76. The van der Waals surface area contributed by atoms with Crippen LogP contribution in [0.5, 0.6) is 0 Å². The predicted molar refractivity (Wildman–Crippen MR) is 89.2 cm³/mol. The van der Waals surface area contributed by atoms with E-state index in [2.05, 4.69) is 10.6 Å². The summed E-state index contributed by atoms with van der Waals surface area (Å²) in [5.74, 6) is -1.39. The van der Waals surface area contributed by atoms with Gasteiger partial charge in [0, 0.05) is 31.2 Å². The van der Waals surface area contributed by atoms with E-state index >= 15 is 0 Å². The molecule has 0 radical (unpaired) electrons. The van der Waals surface area contributed by atoms with Gasteiger partial charge in [0.2, 0.25) is 0 Å². The third-order valence-electron chi connectivity index (χ3n) is 3.16. The predicted octanol–water partition coefficient (Wildman–Crippen LogP) is 2.64. The van der Waals surface area contributed by atoms with Crippen molar-refractivity contribution in [2.24, 2.45) is 0 Å². The largest absolute Gasteiger partial charge is 0.378 e. The van der Waals surface area contributed by atoms with Crippen molar-refractivity contribution in [2.75, 3.05) is 29.6 Å². The van der Waals surface area contributed by atoms with Crippen molar-refractivity contribution < 1.29 is 9.59 Å². The van der Waals surface area contributed by atoms with Crippen molar-refractivity contribution in [1.82, 2.24) is 0 Å². The lowest BCUT2D eigenvalue weighted by Crippen LogP contribution is -2.29. The number of hydrogen-bond donors (Lipinski definition) is 2. The molecule has 0 spiro atoms. The minimum atomic E-state index is -0.696. The number of amides is 2. The highest BCUT2D eigenvalue weighted by Crippen LogP contribution is 2.15. The van der Waals surface area contributed by atoms with Crippen molar-refractivity contribution in [3.05, 3.63) is 54.1 Å². The van der Waals surface area contributed by atoms with Crippen LogP contribution in [-0.2, 0) is 9.59 Å². The summed E-state index contributed by atoms with van der Waals surface area (Å²) in [7, 11) is 3.87. The minimum Gasteiger partial charge on any atom is -0.378 e. The molecule has 0 heterocycles. The van der Waals surface area contributed by atoms with Gasteiger partial charge in [-0.05, 0) is 43.3 Å². The van der Waals surface area contributed by atoms with Crippen molar-refractivity contribution in [1.29, 1.82) is 0 Å². The van der Waals surface area contributed by atoms with Crippen LogP contribution < -0.4 is 15.5 Å². The topological polar surface area (TPSA) is 61.4 Å². The maximum absolute atomic E-state index is 11.9. The van der Waals surface area contributed by atoms with Gasteiger partial charge in [0.25, 0.3) is 0 Å². The van der Waals surface area contributed by atoms with Crippen molar-refractivity contribution in [2.45, 2.75) is 6.92 Å². The maximum Gasteiger partial charge on any atom is 0.314 e. The summed E-state index contributed by atoms with van der Waals surface area (Å²) in [6, 6.07) is 14.5. The number of carbonyl (C=O) groups is 2. The maximum atomic E-state index is 11.9. The second-order valence-electron chi connectivity index (χ2n) is 5.22. The first-order valence-corrected chi connectivity index (χ1v) is 6.92. The van der Waals surface area contributed by atoms with E-state index in [0.29, 0.717) is 11.4 Å².